The van der Waals surface area contributed by atoms with Crippen molar-refractivity contribution in [3.8, 4) is 16.3 Å². The van der Waals surface area contributed by atoms with E-state index in [1.54, 1.807) is 30.2 Å². The fourth-order valence-electron chi connectivity index (χ4n) is 3.03. The Labute approximate surface area is 178 Å². The van der Waals surface area contributed by atoms with E-state index in [0.29, 0.717) is 0 Å². The second-order valence-corrected chi connectivity index (χ2v) is 8.27. The molecule has 0 fully saturated rings. The van der Waals surface area contributed by atoms with Crippen LogP contribution in [0, 0.1) is 0 Å². The Balaban J connectivity index is 1.43. The van der Waals surface area contributed by atoms with Gasteiger partial charge in [0.15, 0.2) is 5.16 Å². The minimum atomic E-state index is 0.774. The molecule has 0 atom stereocenters. The summed E-state index contributed by atoms with van der Waals surface area (Å²) in [5, 5.41) is 12.9. The number of ether oxygens (including phenoxy) is 1. The smallest absolute Gasteiger partial charge is 0.191 e. The summed E-state index contributed by atoms with van der Waals surface area (Å²) >= 11 is 3.34. The molecule has 0 unspecified atom stereocenters. The summed E-state index contributed by atoms with van der Waals surface area (Å²) in [6, 6.07) is 18.4. The maximum absolute atomic E-state index is 5.22. The van der Waals surface area contributed by atoms with Crippen LogP contribution in [0.3, 0.4) is 0 Å². The van der Waals surface area contributed by atoms with Crippen LogP contribution in [0.15, 0.2) is 65.1 Å². The summed E-state index contributed by atoms with van der Waals surface area (Å²) < 4.78 is 7.41. The van der Waals surface area contributed by atoms with Crippen molar-refractivity contribution in [1.82, 2.24) is 19.7 Å². The van der Waals surface area contributed by atoms with Crippen molar-refractivity contribution in [3.05, 3.63) is 77.1 Å². The topological polar surface area (TPSA) is 52.8 Å². The predicted molar refractivity (Wildman–Crippen MR) is 119 cm³/mol. The lowest BCUT2D eigenvalue weighted by atomic mass is 10.1. The van der Waals surface area contributed by atoms with Gasteiger partial charge in [0.2, 0.25) is 0 Å². The Hall–Kier alpha value is -2.64. The first-order chi connectivity index (χ1) is 14.3. The lowest BCUT2D eigenvalue weighted by Gasteiger charge is -2.07. The van der Waals surface area contributed by atoms with Crippen LogP contribution in [0.25, 0.3) is 10.6 Å². The first-order valence-corrected chi connectivity index (χ1v) is 11.3. The zero-order valence-corrected chi connectivity index (χ0v) is 18.0. The van der Waals surface area contributed by atoms with Crippen molar-refractivity contribution < 1.29 is 4.74 Å². The standard InChI is InChI=1S/C22H22N4OS2/c1-3-26-20(13-16-7-5-4-6-8-16)24-25-22(26)29-15-18-14-28-21(23-18)17-9-11-19(27-2)12-10-17/h4-12,14H,3,13,15H2,1-2H3. The average Bonchev–Trinajstić information content (AvgIpc) is 3.40. The van der Waals surface area contributed by atoms with Crippen LogP contribution in [-0.2, 0) is 18.7 Å². The Kier molecular flexibility index (Phi) is 6.27. The summed E-state index contributed by atoms with van der Waals surface area (Å²) in [7, 11) is 1.67. The summed E-state index contributed by atoms with van der Waals surface area (Å²) in [4.78, 5) is 4.78. The molecule has 7 heteroatoms. The number of aromatic nitrogens is 4. The van der Waals surface area contributed by atoms with Crippen LogP contribution in [-0.4, -0.2) is 26.9 Å². The molecular formula is C22H22N4OS2. The van der Waals surface area contributed by atoms with Gasteiger partial charge in [0.25, 0.3) is 0 Å². The van der Waals surface area contributed by atoms with Gasteiger partial charge in [-0.25, -0.2) is 4.98 Å². The van der Waals surface area contributed by atoms with E-state index in [2.05, 4.69) is 51.3 Å². The average molecular weight is 423 g/mol. The van der Waals surface area contributed by atoms with Crippen LogP contribution < -0.4 is 4.74 Å². The summed E-state index contributed by atoms with van der Waals surface area (Å²) in [6.07, 6.45) is 0.792. The number of methoxy groups -OCH3 is 1. The lowest BCUT2D eigenvalue weighted by molar-refractivity contribution is 0.415. The molecule has 0 radical (unpaired) electrons. The third-order valence-electron chi connectivity index (χ3n) is 4.55. The molecule has 4 aromatic rings. The zero-order chi connectivity index (χ0) is 20.1. The molecule has 148 valence electrons. The van der Waals surface area contributed by atoms with Crippen LogP contribution in [0.4, 0.5) is 0 Å². The van der Waals surface area contributed by atoms with Crippen molar-refractivity contribution in [2.75, 3.05) is 7.11 Å². The number of rotatable bonds is 8. The number of hydrogen-bond acceptors (Lipinski definition) is 6. The van der Waals surface area contributed by atoms with Crippen molar-refractivity contribution in [1.29, 1.82) is 0 Å². The van der Waals surface area contributed by atoms with Crippen molar-refractivity contribution in [2.45, 2.75) is 30.8 Å². The Bertz CT molecular complexity index is 1060. The third kappa shape index (κ3) is 4.68. The number of hydrogen-bond donors (Lipinski definition) is 0. The summed E-state index contributed by atoms with van der Waals surface area (Å²) in [5.41, 5.74) is 3.41. The Morgan fingerprint density at radius 1 is 1.03 bits per heavy atom. The molecule has 0 bridgehead atoms. The van der Waals surface area contributed by atoms with Gasteiger partial charge in [0, 0.05) is 29.7 Å². The Morgan fingerprint density at radius 3 is 2.55 bits per heavy atom. The van der Waals surface area contributed by atoms with E-state index in [0.717, 1.165) is 51.7 Å². The van der Waals surface area contributed by atoms with Crippen molar-refractivity contribution in [3.63, 3.8) is 0 Å². The third-order valence-corrected chi connectivity index (χ3v) is 6.49. The molecule has 0 amide bonds. The molecule has 5 nitrogen and oxygen atoms in total. The molecule has 0 saturated carbocycles. The monoisotopic (exact) mass is 422 g/mol. The van der Waals surface area contributed by atoms with Gasteiger partial charge in [-0.2, -0.15) is 0 Å². The molecule has 2 heterocycles. The van der Waals surface area contributed by atoms with Crippen molar-refractivity contribution >= 4 is 23.1 Å². The fraction of sp³-hybridized carbons (Fsp3) is 0.227. The molecule has 0 spiro atoms. The van der Waals surface area contributed by atoms with Crippen LogP contribution in [0.5, 0.6) is 5.75 Å². The van der Waals surface area contributed by atoms with Gasteiger partial charge < -0.3 is 9.30 Å². The normalized spacial score (nSPS) is 11.0. The minimum absolute atomic E-state index is 0.774. The minimum Gasteiger partial charge on any atom is -0.497 e. The highest BCUT2D eigenvalue weighted by atomic mass is 32.2. The molecule has 4 rings (SSSR count). The predicted octanol–water partition coefficient (Wildman–Crippen LogP) is 5.31. The molecule has 2 aromatic heterocycles. The van der Waals surface area contributed by atoms with Crippen molar-refractivity contribution in [2.24, 2.45) is 0 Å². The fourth-order valence-corrected chi connectivity index (χ4v) is 4.88. The molecule has 0 saturated heterocycles. The second kappa shape index (κ2) is 9.24. The maximum atomic E-state index is 5.22. The quantitative estimate of drug-likeness (QED) is 0.360. The summed E-state index contributed by atoms with van der Waals surface area (Å²) in [6.45, 7) is 2.98. The first kappa shape index (κ1) is 19.7. The number of thioether (sulfide) groups is 1. The zero-order valence-electron chi connectivity index (χ0n) is 16.4. The molecule has 2 aromatic carbocycles. The van der Waals surface area contributed by atoms with E-state index < -0.39 is 0 Å². The molecule has 0 aliphatic heterocycles. The largest absolute Gasteiger partial charge is 0.497 e. The van der Waals surface area contributed by atoms with E-state index in [1.165, 1.54) is 5.56 Å². The number of nitrogens with zero attached hydrogens (tertiary/aromatic N) is 4. The van der Waals surface area contributed by atoms with E-state index in [-0.39, 0.29) is 0 Å². The van der Waals surface area contributed by atoms with Crippen LogP contribution in [0.1, 0.15) is 24.0 Å². The van der Waals surface area contributed by atoms with E-state index in [1.807, 2.05) is 30.3 Å². The summed E-state index contributed by atoms with van der Waals surface area (Å²) in [5.74, 6) is 2.63. The highest BCUT2D eigenvalue weighted by molar-refractivity contribution is 7.98. The van der Waals surface area contributed by atoms with Gasteiger partial charge in [0.1, 0.15) is 16.6 Å². The van der Waals surface area contributed by atoms with Crippen LogP contribution in [0.2, 0.25) is 0 Å². The lowest BCUT2D eigenvalue weighted by Crippen LogP contribution is -2.04. The van der Waals surface area contributed by atoms with Gasteiger partial charge >= 0.3 is 0 Å². The molecule has 0 aliphatic carbocycles. The SMILES string of the molecule is CCn1c(Cc2ccccc2)nnc1SCc1csc(-c2ccc(OC)cc2)n1. The first-order valence-electron chi connectivity index (χ1n) is 9.44. The molecule has 29 heavy (non-hydrogen) atoms. The maximum Gasteiger partial charge on any atom is 0.191 e. The molecule has 0 N–H and O–H groups in total. The second-order valence-electron chi connectivity index (χ2n) is 6.47. The number of benzene rings is 2. The van der Waals surface area contributed by atoms with Gasteiger partial charge in [-0.05, 0) is 36.8 Å². The molecular weight excluding hydrogens is 400 g/mol. The van der Waals surface area contributed by atoms with Gasteiger partial charge in [0.05, 0.1) is 12.8 Å². The highest BCUT2D eigenvalue weighted by Gasteiger charge is 2.13. The van der Waals surface area contributed by atoms with Gasteiger partial charge in [-0.1, -0.05) is 42.1 Å². The Morgan fingerprint density at radius 2 is 1.83 bits per heavy atom. The van der Waals surface area contributed by atoms with Gasteiger partial charge in [-0.3, -0.25) is 0 Å². The van der Waals surface area contributed by atoms with E-state index in [9.17, 15) is 0 Å². The van der Waals surface area contributed by atoms with E-state index in [4.69, 9.17) is 9.72 Å². The van der Waals surface area contributed by atoms with Gasteiger partial charge in [-0.15, -0.1) is 21.5 Å². The molecule has 0 aliphatic rings. The van der Waals surface area contributed by atoms with E-state index >= 15 is 0 Å². The highest BCUT2D eigenvalue weighted by Crippen LogP contribution is 2.29. The van der Waals surface area contributed by atoms with Crippen LogP contribution >= 0.6 is 23.1 Å². The number of thiazole rings is 1.